The van der Waals surface area contributed by atoms with E-state index in [0.29, 0.717) is 0 Å². The van der Waals surface area contributed by atoms with E-state index in [9.17, 15) is 0 Å². The van der Waals surface area contributed by atoms with E-state index in [-0.39, 0.29) is 0 Å². The number of rotatable bonds is 1. The molecule has 2 rings (SSSR count). The molecule has 1 unspecified atom stereocenters. The van der Waals surface area contributed by atoms with Crippen LogP contribution in [0.1, 0.15) is 17.9 Å². The molecule has 0 heterocycles. The maximum Gasteiger partial charge on any atom is 0.0221 e. The molecule has 1 aliphatic carbocycles. The first-order chi connectivity index (χ1) is 4.88. The van der Waals surface area contributed by atoms with Crippen LogP contribution in [0.15, 0.2) is 30.3 Å². The highest BCUT2D eigenvalue weighted by Gasteiger charge is 2.35. The van der Waals surface area contributed by atoms with E-state index in [4.69, 9.17) is 0 Å². The van der Waals surface area contributed by atoms with Crippen LogP contribution < -0.4 is 0 Å². The molecule has 0 amide bonds. The molecule has 10 heavy (non-hydrogen) atoms. The van der Waals surface area contributed by atoms with Crippen LogP contribution in [0, 0.1) is 0 Å². The standard InChI is InChI=1S/C9H9Br/c10-9-6-8(9)7-4-2-1-3-5-7/h1-5,8-9H,6H2/t8-,9?/m0/s1. The molecule has 1 aromatic rings. The minimum absolute atomic E-state index is 0.745. The van der Waals surface area contributed by atoms with Gasteiger partial charge in [-0.1, -0.05) is 46.3 Å². The summed E-state index contributed by atoms with van der Waals surface area (Å²) in [7, 11) is 0. The van der Waals surface area contributed by atoms with Gasteiger partial charge in [-0.2, -0.15) is 0 Å². The van der Waals surface area contributed by atoms with Crippen LogP contribution in [0.3, 0.4) is 0 Å². The van der Waals surface area contributed by atoms with Crippen LogP contribution >= 0.6 is 15.9 Å². The van der Waals surface area contributed by atoms with Gasteiger partial charge in [0.15, 0.2) is 0 Å². The first-order valence-corrected chi connectivity index (χ1v) is 4.48. The summed E-state index contributed by atoms with van der Waals surface area (Å²) in [6.07, 6.45) is 1.31. The summed E-state index contributed by atoms with van der Waals surface area (Å²) in [6, 6.07) is 10.7. The smallest absolute Gasteiger partial charge is 0.0221 e. The van der Waals surface area contributed by atoms with Crippen molar-refractivity contribution in [3.63, 3.8) is 0 Å². The molecular weight excluding hydrogens is 188 g/mol. The van der Waals surface area contributed by atoms with Gasteiger partial charge in [0.05, 0.1) is 0 Å². The second kappa shape index (κ2) is 2.39. The molecule has 0 nitrogen and oxygen atoms in total. The molecule has 1 heteroatoms. The maximum atomic E-state index is 3.59. The molecular formula is C9H9Br. The van der Waals surface area contributed by atoms with Gasteiger partial charge in [-0.05, 0) is 17.9 Å². The van der Waals surface area contributed by atoms with Gasteiger partial charge in [-0.25, -0.2) is 0 Å². The first kappa shape index (κ1) is 6.41. The molecule has 0 bridgehead atoms. The third kappa shape index (κ3) is 1.10. The zero-order valence-electron chi connectivity index (χ0n) is 5.63. The number of hydrogen-bond donors (Lipinski definition) is 0. The van der Waals surface area contributed by atoms with Crippen molar-refractivity contribution in [1.29, 1.82) is 0 Å². The summed E-state index contributed by atoms with van der Waals surface area (Å²) >= 11 is 3.59. The van der Waals surface area contributed by atoms with E-state index in [1.807, 2.05) is 0 Å². The fourth-order valence-corrected chi connectivity index (χ4v) is 1.92. The predicted octanol–water partition coefficient (Wildman–Crippen LogP) is 2.94. The Labute approximate surface area is 69.4 Å². The van der Waals surface area contributed by atoms with Crippen LogP contribution in [0.2, 0.25) is 0 Å². The molecule has 0 aliphatic heterocycles. The Hall–Kier alpha value is -0.300. The van der Waals surface area contributed by atoms with Crippen molar-refractivity contribution in [3.8, 4) is 0 Å². The summed E-state index contributed by atoms with van der Waals surface area (Å²) in [5.74, 6) is 0.793. The monoisotopic (exact) mass is 196 g/mol. The summed E-state index contributed by atoms with van der Waals surface area (Å²) in [5, 5.41) is 0. The van der Waals surface area contributed by atoms with Gasteiger partial charge in [-0.15, -0.1) is 0 Å². The lowest BCUT2D eigenvalue weighted by Gasteiger charge is -1.93. The maximum absolute atomic E-state index is 3.59. The number of halogens is 1. The zero-order chi connectivity index (χ0) is 6.97. The normalized spacial score (nSPS) is 30.1. The van der Waals surface area contributed by atoms with Gasteiger partial charge in [-0.3, -0.25) is 0 Å². The molecule has 1 fully saturated rings. The van der Waals surface area contributed by atoms with Crippen LogP contribution in [0.5, 0.6) is 0 Å². The highest BCUT2D eigenvalue weighted by Crippen LogP contribution is 2.46. The van der Waals surface area contributed by atoms with Crippen LogP contribution in [-0.2, 0) is 0 Å². The van der Waals surface area contributed by atoms with Crippen molar-refractivity contribution >= 4 is 15.9 Å². The molecule has 1 aliphatic rings. The van der Waals surface area contributed by atoms with Gasteiger partial charge in [0.25, 0.3) is 0 Å². The van der Waals surface area contributed by atoms with Gasteiger partial charge < -0.3 is 0 Å². The minimum Gasteiger partial charge on any atom is -0.0884 e. The molecule has 0 N–H and O–H groups in total. The predicted molar refractivity (Wildman–Crippen MR) is 46.5 cm³/mol. The molecule has 0 aromatic heterocycles. The second-order valence-electron chi connectivity index (χ2n) is 2.77. The summed E-state index contributed by atoms with van der Waals surface area (Å²) in [6.45, 7) is 0. The molecule has 0 radical (unpaired) electrons. The topological polar surface area (TPSA) is 0 Å². The molecule has 1 aromatic carbocycles. The van der Waals surface area contributed by atoms with E-state index in [0.717, 1.165) is 10.7 Å². The summed E-state index contributed by atoms with van der Waals surface area (Å²) < 4.78 is 0. The van der Waals surface area contributed by atoms with Crippen molar-refractivity contribution in [2.24, 2.45) is 0 Å². The second-order valence-corrected chi connectivity index (χ2v) is 3.95. The largest absolute Gasteiger partial charge is 0.0884 e. The summed E-state index contributed by atoms with van der Waals surface area (Å²) in [5.41, 5.74) is 1.48. The fraction of sp³-hybridized carbons (Fsp3) is 0.333. The molecule has 0 saturated heterocycles. The van der Waals surface area contributed by atoms with Crippen LogP contribution in [0.4, 0.5) is 0 Å². The van der Waals surface area contributed by atoms with E-state index in [2.05, 4.69) is 46.3 Å². The average Bonchev–Trinajstić information content (AvgIpc) is 2.69. The Morgan fingerprint density at radius 2 is 1.80 bits per heavy atom. The van der Waals surface area contributed by atoms with Crippen molar-refractivity contribution in [3.05, 3.63) is 35.9 Å². The first-order valence-electron chi connectivity index (χ1n) is 3.57. The Bertz CT molecular complexity index is 217. The van der Waals surface area contributed by atoms with Gasteiger partial charge in [0.2, 0.25) is 0 Å². The highest BCUT2D eigenvalue weighted by molar-refractivity contribution is 9.09. The minimum atomic E-state index is 0.745. The third-order valence-electron chi connectivity index (χ3n) is 1.94. The highest BCUT2D eigenvalue weighted by atomic mass is 79.9. The number of alkyl halides is 1. The van der Waals surface area contributed by atoms with E-state index in [1.54, 1.807) is 0 Å². The lowest BCUT2D eigenvalue weighted by Crippen LogP contribution is -1.78. The molecule has 1 saturated carbocycles. The van der Waals surface area contributed by atoms with Crippen molar-refractivity contribution in [1.82, 2.24) is 0 Å². The quantitative estimate of drug-likeness (QED) is 0.607. The van der Waals surface area contributed by atoms with Crippen LogP contribution in [0.25, 0.3) is 0 Å². The number of hydrogen-bond acceptors (Lipinski definition) is 0. The Balaban J connectivity index is 2.20. The fourth-order valence-electron chi connectivity index (χ4n) is 1.21. The van der Waals surface area contributed by atoms with Crippen molar-refractivity contribution in [2.75, 3.05) is 0 Å². The Morgan fingerprint density at radius 3 is 2.30 bits per heavy atom. The van der Waals surface area contributed by atoms with Gasteiger partial charge in [0.1, 0.15) is 0 Å². The van der Waals surface area contributed by atoms with Gasteiger partial charge >= 0.3 is 0 Å². The lowest BCUT2D eigenvalue weighted by molar-refractivity contribution is 1.14. The molecule has 2 atom stereocenters. The van der Waals surface area contributed by atoms with E-state index in [1.165, 1.54) is 12.0 Å². The lowest BCUT2D eigenvalue weighted by atomic mass is 10.1. The molecule has 52 valence electrons. The van der Waals surface area contributed by atoms with Crippen molar-refractivity contribution < 1.29 is 0 Å². The molecule has 0 spiro atoms. The Morgan fingerprint density at radius 1 is 1.20 bits per heavy atom. The van der Waals surface area contributed by atoms with Crippen molar-refractivity contribution in [2.45, 2.75) is 17.2 Å². The van der Waals surface area contributed by atoms with E-state index >= 15 is 0 Å². The average molecular weight is 197 g/mol. The van der Waals surface area contributed by atoms with E-state index < -0.39 is 0 Å². The van der Waals surface area contributed by atoms with Gasteiger partial charge in [0, 0.05) is 4.83 Å². The Kier molecular flexibility index (Phi) is 1.53. The third-order valence-corrected chi connectivity index (χ3v) is 2.95. The number of benzene rings is 1. The van der Waals surface area contributed by atoms with Crippen LogP contribution in [-0.4, -0.2) is 4.83 Å². The zero-order valence-corrected chi connectivity index (χ0v) is 7.21. The summed E-state index contributed by atoms with van der Waals surface area (Å²) in [4.78, 5) is 0.745. The SMILES string of the molecule is BrC1C[C@H]1c1ccccc1.